The van der Waals surface area contributed by atoms with Gasteiger partial charge in [0.1, 0.15) is 6.04 Å². The van der Waals surface area contributed by atoms with Crippen molar-refractivity contribution in [3.05, 3.63) is 28.5 Å². The van der Waals surface area contributed by atoms with Gasteiger partial charge in [0.15, 0.2) is 4.77 Å². The van der Waals surface area contributed by atoms with Crippen LogP contribution in [0.1, 0.15) is 24.4 Å². The number of fused-ring (bicyclic) bond motifs is 1. The summed E-state index contributed by atoms with van der Waals surface area (Å²) in [4.78, 5) is 28.3. The van der Waals surface area contributed by atoms with Gasteiger partial charge >= 0.3 is 0 Å². The molecule has 20 heavy (non-hydrogen) atoms. The maximum Gasteiger partial charge on any atom is 0.252 e. The van der Waals surface area contributed by atoms with E-state index >= 15 is 0 Å². The molecule has 1 aromatic heterocycles. The molecule has 1 N–H and O–H groups in total. The molecule has 5 nitrogen and oxygen atoms in total. The number of rotatable bonds is 1. The number of imide groups is 1. The summed E-state index contributed by atoms with van der Waals surface area (Å²) in [6.07, 6.45) is 0.866. The number of hydrogen-bond acceptors (Lipinski definition) is 3. The Morgan fingerprint density at radius 3 is 2.85 bits per heavy atom. The number of nitrogens with one attached hydrogen (secondary N) is 1. The number of amides is 2. The number of hydrogen-bond donors (Lipinski definition) is 1. The number of carbonyl (C=O) groups excluding carboxylic acids is 2. The van der Waals surface area contributed by atoms with E-state index in [0.29, 0.717) is 17.6 Å². The van der Waals surface area contributed by atoms with Crippen LogP contribution in [0.3, 0.4) is 0 Å². The Hall–Kier alpha value is -1.95. The van der Waals surface area contributed by atoms with Gasteiger partial charge in [0.2, 0.25) is 5.91 Å². The lowest BCUT2D eigenvalue weighted by molar-refractivity contribution is -0.149. The van der Waals surface area contributed by atoms with Gasteiger partial charge in [-0.15, -0.1) is 0 Å². The van der Waals surface area contributed by atoms with E-state index in [1.54, 1.807) is 0 Å². The first-order chi connectivity index (χ1) is 9.50. The van der Waals surface area contributed by atoms with Crippen LogP contribution in [0, 0.1) is 11.7 Å². The molecule has 0 saturated carbocycles. The highest BCUT2D eigenvalue weighted by Crippen LogP contribution is 2.29. The van der Waals surface area contributed by atoms with Crippen LogP contribution in [0.2, 0.25) is 0 Å². The first-order valence-corrected chi connectivity index (χ1v) is 6.91. The van der Waals surface area contributed by atoms with E-state index in [1.165, 1.54) is 11.9 Å². The number of likely N-dealkylation sites (N-methyl/N-ethyl adjacent to an activating group) is 1. The van der Waals surface area contributed by atoms with Gasteiger partial charge in [0.25, 0.3) is 5.91 Å². The molecule has 0 aliphatic carbocycles. The highest BCUT2D eigenvalue weighted by atomic mass is 32.1. The summed E-state index contributed by atoms with van der Waals surface area (Å²) in [5.74, 6) is -0.323. The number of aromatic nitrogens is 2. The second-order valence-electron chi connectivity index (χ2n) is 5.12. The molecule has 1 unspecified atom stereocenters. The minimum Gasteiger partial charge on any atom is -0.331 e. The zero-order valence-electron chi connectivity index (χ0n) is 11.3. The monoisotopic (exact) mass is 289 g/mol. The van der Waals surface area contributed by atoms with E-state index in [0.717, 1.165) is 16.6 Å². The van der Waals surface area contributed by atoms with Crippen LogP contribution in [-0.4, -0.2) is 33.3 Å². The van der Waals surface area contributed by atoms with E-state index in [-0.39, 0.29) is 11.8 Å². The molecule has 3 rings (SSSR count). The summed E-state index contributed by atoms with van der Waals surface area (Å²) < 4.78 is 2.38. The normalized spacial score (nSPS) is 19.9. The lowest BCUT2D eigenvalue weighted by Crippen LogP contribution is -2.43. The highest BCUT2D eigenvalue weighted by molar-refractivity contribution is 7.71. The largest absolute Gasteiger partial charge is 0.331 e. The fourth-order valence-electron chi connectivity index (χ4n) is 2.79. The van der Waals surface area contributed by atoms with Crippen molar-refractivity contribution >= 4 is 35.1 Å². The first-order valence-electron chi connectivity index (χ1n) is 6.51. The number of piperidine rings is 1. The number of carbonyl (C=O) groups is 2. The molecule has 1 atom stereocenters. The molecule has 1 saturated heterocycles. The second kappa shape index (κ2) is 4.56. The molecule has 1 fully saturated rings. The van der Waals surface area contributed by atoms with Crippen molar-refractivity contribution < 1.29 is 9.59 Å². The second-order valence-corrected chi connectivity index (χ2v) is 5.50. The lowest BCUT2D eigenvalue weighted by Gasteiger charge is -2.29. The number of aromatic amines is 1. The number of para-hydroxylation sites is 1. The predicted octanol–water partition coefficient (Wildman–Crippen LogP) is 2.33. The van der Waals surface area contributed by atoms with E-state index in [4.69, 9.17) is 12.2 Å². The van der Waals surface area contributed by atoms with Crippen LogP contribution in [0.5, 0.6) is 0 Å². The Morgan fingerprint density at radius 2 is 2.10 bits per heavy atom. The standard InChI is InChI=1S/C14H15N3O2S/c1-8-4-3-5-9-12(8)17(14(20)15-9)10-6-7-11(18)16(2)13(10)19/h3-5,10H,6-7H2,1-2H3,(H,15,20). The fraction of sp³-hybridized carbons (Fsp3) is 0.357. The summed E-state index contributed by atoms with van der Waals surface area (Å²) >= 11 is 5.37. The van der Waals surface area contributed by atoms with Crippen molar-refractivity contribution in [1.29, 1.82) is 0 Å². The quantitative estimate of drug-likeness (QED) is 0.647. The fourth-order valence-corrected chi connectivity index (χ4v) is 3.12. The Morgan fingerprint density at radius 1 is 1.35 bits per heavy atom. The minimum atomic E-state index is -0.403. The summed E-state index contributed by atoms with van der Waals surface area (Å²) in [6.45, 7) is 1.99. The Balaban J connectivity index is 2.20. The lowest BCUT2D eigenvalue weighted by atomic mass is 10.0. The van der Waals surface area contributed by atoms with Gasteiger partial charge in [-0.05, 0) is 37.2 Å². The highest BCUT2D eigenvalue weighted by Gasteiger charge is 2.34. The maximum absolute atomic E-state index is 12.4. The van der Waals surface area contributed by atoms with E-state index in [2.05, 4.69) is 4.98 Å². The van der Waals surface area contributed by atoms with Crippen LogP contribution >= 0.6 is 12.2 Å². The number of H-pyrrole nitrogens is 1. The van der Waals surface area contributed by atoms with Crippen molar-refractivity contribution in [3.63, 3.8) is 0 Å². The molecule has 2 amide bonds. The third-order valence-electron chi connectivity index (χ3n) is 3.87. The van der Waals surface area contributed by atoms with E-state index < -0.39 is 6.04 Å². The number of imidazole rings is 1. The molecule has 6 heteroatoms. The van der Waals surface area contributed by atoms with Gasteiger partial charge in [-0.3, -0.25) is 14.5 Å². The minimum absolute atomic E-state index is 0.130. The van der Waals surface area contributed by atoms with Crippen molar-refractivity contribution in [2.24, 2.45) is 0 Å². The molecule has 0 radical (unpaired) electrons. The molecule has 104 valence electrons. The molecule has 1 aliphatic rings. The van der Waals surface area contributed by atoms with Crippen molar-refractivity contribution in [2.75, 3.05) is 7.05 Å². The van der Waals surface area contributed by atoms with Gasteiger partial charge in [0.05, 0.1) is 11.0 Å². The summed E-state index contributed by atoms with van der Waals surface area (Å²) in [5.41, 5.74) is 2.92. The average molecular weight is 289 g/mol. The van der Waals surface area contributed by atoms with E-state index in [1.807, 2.05) is 29.7 Å². The number of likely N-dealkylation sites (tertiary alicyclic amines) is 1. The predicted molar refractivity (Wildman–Crippen MR) is 77.9 cm³/mol. The molecule has 2 aromatic rings. The number of aryl methyl sites for hydroxylation is 1. The first kappa shape index (κ1) is 13.1. The molecule has 0 spiro atoms. The summed E-state index contributed by atoms with van der Waals surface area (Å²) in [6, 6.07) is 5.48. The van der Waals surface area contributed by atoms with Crippen LogP contribution in [0.25, 0.3) is 11.0 Å². The third kappa shape index (κ3) is 1.79. The summed E-state index contributed by atoms with van der Waals surface area (Å²) in [7, 11) is 1.53. The molecule has 2 heterocycles. The van der Waals surface area contributed by atoms with E-state index in [9.17, 15) is 9.59 Å². The van der Waals surface area contributed by atoms with Gasteiger partial charge in [-0.1, -0.05) is 12.1 Å². The van der Waals surface area contributed by atoms with Crippen molar-refractivity contribution in [1.82, 2.24) is 14.5 Å². The molecular weight excluding hydrogens is 274 g/mol. The SMILES string of the molecule is Cc1cccc2[nH]c(=S)n(C3CCC(=O)N(C)C3=O)c12. The number of benzene rings is 1. The van der Waals surface area contributed by atoms with Gasteiger partial charge in [-0.25, -0.2) is 0 Å². The number of nitrogens with zero attached hydrogens (tertiary/aromatic N) is 2. The molecule has 0 bridgehead atoms. The van der Waals surface area contributed by atoms with Crippen LogP contribution in [-0.2, 0) is 9.59 Å². The summed E-state index contributed by atoms with van der Waals surface area (Å²) in [5, 5.41) is 0. The smallest absolute Gasteiger partial charge is 0.252 e. The molecule has 1 aliphatic heterocycles. The Kier molecular flexibility index (Phi) is 2.97. The Bertz CT molecular complexity index is 774. The average Bonchev–Trinajstić information content (AvgIpc) is 2.74. The van der Waals surface area contributed by atoms with Crippen LogP contribution in [0.15, 0.2) is 18.2 Å². The molecule has 1 aromatic carbocycles. The zero-order valence-corrected chi connectivity index (χ0v) is 12.2. The topological polar surface area (TPSA) is 58.1 Å². The van der Waals surface area contributed by atoms with Crippen LogP contribution in [0.4, 0.5) is 0 Å². The van der Waals surface area contributed by atoms with Crippen LogP contribution < -0.4 is 0 Å². The van der Waals surface area contributed by atoms with Crippen molar-refractivity contribution in [3.8, 4) is 0 Å². The van der Waals surface area contributed by atoms with Gasteiger partial charge in [0, 0.05) is 13.5 Å². The van der Waals surface area contributed by atoms with Crippen molar-refractivity contribution in [2.45, 2.75) is 25.8 Å². The Labute approximate surface area is 121 Å². The maximum atomic E-state index is 12.4. The van der Waals surface area contributed by atoms with Gasteiger partial charge in [-0.2, -0.15) is 0 Å². The van der Waals surface area contributed by atoms with Gasteiger partial charge < -0.3 is 9.55 Å². The molecular formula is C14H15N3O2S. The zero-order chi connectivity index (χ0) is 14.4. The third-order valence-corrected chi connectivity index (χ3v) is 4.17.